The molecule has 1 aromatic carbocycles. The molecule has 0 N–H and O–H groups in total. The Hall–Kier alpha value is -2.08. The summed E-state index contributed by atoms with van der Waals surface area (Å²) < 4.78 is 0. The monoisotopic (exact) mass is 225 g/mol. The molecule has 0 radical (unpaired) electrons. The van der Waals surface area contributed by atoms with E-state index in [2.05, 4.69) is 35.0 Å². The predicted octanol–water partition coefficient (Wildman–Crippen LogP) is 2.97. The molecule has 0 saturated carbocycles. The number of nitrogens with zero attached hydrogens (tertiary/aromatic N) is 3. The van der Waals surface area contributed by atoms with Crippen molar-refractivity contribution in [3.8, 4) is 6.07 Å². The highest BCUT2D eigenvalue weighted by atomic mass is 15.2. The lowest BCUT2D eigenvalue weighted by molar-refractivity contribution is 0.813. The minimum atomic E-state index is 0.530. The first-order valence-corrected chi connectivity index (χ1v) is 5.83. The molecule has 2 aromatic rings. The molecule has 0 unspecified atom stereocenters. The van der Waals surface area contributed by atoms with Crippen LogP contribution >= 0.6 is 0 Å². The molecule has 0 saturated heterocycles. The van der Waals surface area contributed by atoms with Crippen molar-refractivity contribution in [2.45, 2.75) is 13.3 Å². The van der Waals surface area contributed by atoms with Gasteiger partial charge in [0.1, 0.15) is 5.82 Å². The van der Waals surface area contributed by atoms with Gasteiger partial charge in [0.15, 0.2) is 0 Å². The quantitative estimate of drug-likeness (QED) is 0.803. The van der Waals surface area contributed by atoms with E-state index in [9.17, 15) is 0 Å². The molecular formula is C14H15N3. The number of aromatic nitrogens is 1. The molecule has 3 nitrogen and oxygen atoms in total. The third kappa shape index (κ3) is 2.54. The molecule has 3 heteroatoms. The van der Waals surface area contributed by atoms with Gasteiger partial charge in [-0.05, 0) is 25.1 Å². The molecule has 1 heterocycles. The smallest absolute Gasteiger partial charge is 0.129 e. The summed E-state index contributed by atoms with van der Waals surface area (Å²) in [4.78, 5) is 6.74. The van der Waals surface area contributed by atoms with Gasteiger partial charge in [-0.2, -0.15) is 5.26 Å². The fourth-order valence-corrected chi connectivity index (χ4v) is 1.85. The Morgan fingerprint density at radius 3 is 2.82 bits per heavy atom. The van der Waals surface area contributed by atoms with Gasteiger partial charge >= 0.3 is 0 Å². The molecule has 0 atom stereocenters. The molecule has 0 bridgehead atoms. The lowest BCUT2D eigenvalue weighted by atomic mass is 10.2. The standard InChI is InChI=1S/C14H15N3/c1-2-17(11-5-10-15)14-9-8-12-6-3-4-7-13(12)16-14/h3-4,6-9H,2,5,11H2,1H3. The van der Waals surface area contributed by atoms with Gasteiger partial charge in [0, 0.05) is 18.5 Å². The van der Waals surface area contributed by atoms with Crippen LogP contribution in [0.2, 0.25) is 0 Å². The van der Waals surface area contributed by atoms with Crippen molar-refractivity contribution in [3.05, 3.63) is 36.4 Å². The van der Waals surface area contributed by atoms with E-state index in [4.69, 9.17) is 5.26 Å². The first kappa shape index (κ1) is 11.4. The van der Waals surface area contributed by atoms with Gasteiger partial charge < -0.3 is 4.90 Å². The van der Waals surface area contributed by atoms with Crippen LogP contribution in [0.4, 0.5) is 5.82 Å². The summed E-state index contributed by atoms with van der Waals surface area (Å²) in [6.45, 7) is 3.68. The largest absolute Gasteiger partial charge is 0.356 e. The summed E-state index contributed by atoms with van der Waals surface area (Å²) in [5.41, 5.74) is 1.00. The highest BCUT2D eigenvalue weighted by molar-refractivity contribution is 5.80. The number of rotatable bonds is 4. The van der Waals surface area contributed by atoms with Crippen molar-refractivity contribution in [3.63, 3.8) is 0 Å². The zero-order valence-corrected chi connectivity index (χ0v) is 9.93. The third-order valence-electron chi connectivity index (χ3n) is 2.78. The average Bonchev–Trinajstić information content (AvgIpc) is 2.39. The third-order valence-corrected chi connectivity index (χ3v) is 2.78. The van der Waals surface area contributed by atoms with Crippen LogP contribution in [0.25, 0.3) is 10.9 Å². The minimum absolute atomic E-state index is 0.530. The molecule has 0 aliphatic carbocycles. The molecule has 0 fully saturated rings. The van der Waals surface area contributed by atoms with Crippen LogP contribution < -0.4 is 4.90 Å². The molecule has 0 aliphatic rings. The van der Waals surface area contributed by atoms with Crippen LogP contribution in [0.1, 0.15) is 13.3 Å². The maximum absolute atomic E-state index is 8.63. The van der Waals surface area contributed by atoms with E-state index < -0.39 is 0 Å². The van der Waals surface area contributed by atoms with Crippen LogP contribution in [0.3, 0.4) is 0 Å². The van der Waals surface area contributed by atoms with E-state index in [1.807, 2.05) is 24.3 Å². The van der Waals surface area contributed by atoms with Gasteiger partial charge in [0.05, 0.1) is 18.0 Å². The summed E-state index contributed by atoms with van der Waals surface area (Å²) in [6, 6.07) is 14.3. The number of benzene rings is 1. The van der Waals surface area contributed by atoms with Gasteiger partial charge in [-0.3, -0.25) is 0 Å². The van der Waals surface area contributed by atoms with Crippen molar-refractivity contribution in [2.75, 3.05) is 18.0 Å². The van der Waals surface area contributed by atoms with Crippen LogP contribution in [-0.4, -0.2) is 18.1 Å². The van der Waals surface area contributed by atoms with Crippen molar-refractivity contribution in [1.82, 2.24) is 4.98 Å². The minimum Gasteiger partial charge on any atom is -0.356 e. The first-order chi connectivity index (χ1) is 8.35. The zero-order chi connectivity index (χ0) is 12.1. The summed E-state index contributed by atoms with van der Waals surface area (Å²) in [7, 11) is 0. The van der Waals surface area contributed by atoms with Gasteiger partial charge in [0.2, 0.25) is 0 Å². The normalized spacial score (nSPS) is 10.1. The fourth-order valence-electron chi connectivity index (χ4n) is 1.85. The van der Waals surface area contributed by atoms with Gasteiger partial charge in [-0.15, -0.1) is 0 Å². The van der Waals surface area contributed by atoms with E-state index in [-0.39, 0.29) is 0 Å². The lowest BCUT2D eigenvalue weighted by Crippen LogP contribution is -2.24. The summed E-state index contributed by atoms with van der Waals surface area (Å²) in [6.07, 6.45) is 0.530. The SMILES string of the molecule is CCN(CCC#N)c1ccc2ccccc2n1. The van der Waals surface area contributed by atoms with Crippen molar-refractivity contribution in [1.29, 1.82) is 5.26 Å². The number of para-hydroxylation sites is 1. The number of hydrogen-bond acceptors (Lipinski definition) is 3. The number of hydrogen-bond donors (Lipinski definition) is 0. The van der Waals surface area contributed by atoms with E-state index in [0.717, 1.165) is 29.8 Å². The van der Waals surface area contributed by atoms with Crippen LogP contribution in [0.15, 0.2) is 36.4 Å². The van der Waals surface area contributed by atoms with Gasteiger partial charge in [-0.25, -0.2) is 4.98 Å². The maximum atomic E-state index is 8.63. The second kappa shape index (κ2) is 5.31. The highest BCUT2D eigenvalue weighted by Crippen LogP contribution is 2.17. The molecule has 0 spiro atoms. The summed E-state index contributed by atoms with van der Waals surface area (Å²) in [5, 5.41) is 9.78. The Kier molecular flexibility index (Phi) is 3.56. The summed E-state index contributed by atoms with van der Waals surface area (Å²) in [5.74, 6) is 0.946. The average molecular weight is 225 g/mol. The van der Waals surface area contributed by atoms with Crippen LogP contribution in [-0.2, 0) is 0 Å². The van der Waals surface area contributed by atoms with Crippen molar-refractivity contribution >= 4 is 16.7 Å². The van der Waals surface area contributed by atoms with Crippen LogP contribution in [0, 0.1) is 11.3 Å². The van der Waals surface area contributed by atoms with Gasteiger partial charge in [-0.1, -0.05) is 18.2 Å². The number of nitriles is 1. The molecule has 17 heavy (non-hydrogen) atoms. The van der Waals surface area contributed by atoms with E-state index in [0.29, 0.717) is 6.42 Å². The number of anilines is 1. The molecule has 86 valence electrons. The van der Waals surface area contributed by atoms with E-state index in [1.54, 1.807) is 0 Å². The Morgan fingerprint density at radius 2 is 2.06 bits per heavy atom. The Balaban J connectivity index is 2.31. The Morgan fingerprint density at radius 1 is 1.24 bits per heavy atom. The second-order valence-corrected chi connectivity index (χ2v) is 3.85. The lowest BCUT2D eigenvalue weighted by Gasteiger charge is -2.20. The highest BCUT2D eigenvalue weighted by Gasteiger charge is 2.05. The van der Waals surface area contributed by atoms with Gasteiger partial charge in [0.25, 0.3) is 0 Å². The zero-order valence-electron chi connectivity index (χ0n) is 9.93. The molecule has 0 amide bonds. The second-order valence-electron chi connectivity index (χ2n) is 3.85. The van der Waals surface area contributed by atoms with E-state index >= 15 is 0 Å². The van der Waals surface area contributed by atoms with Crippen molar-refractivity contribution < 1.29 is 0 Å². The fraction of sp³-hybridized carbons (Fsp3) is 0.286. The van der Waals surface area contributed by atoms with Crippen LogP contribution in [0.5, 0.6) is 0 Å². The number of fused-ring (bicyclic) bond motifs is 1. The molecular weight excluding hydrogens is 210 g/mol. The Bertz CT molecular complexity index is 542. The molecule has 1 aromatic heterocycles. The first-order valence-electron chi connectivity index (χ1n) is 5.83. The van der Waals surface area contributed by atoms with E-state index in [1.165, 1.54) is 0 Å². The predicted molar refractivity (Wildman–Crippen MR) is 69.9 cm³/mol. The molecule has 2 rings (SSSR count). The van der Waals surface area contributed by atoms with Crippen molar-refractivity contribution in [2.24, 2.45) is 0 Å². The maximum Gasteiger partial charge on any atom is 0.129 e. The number of pyridine rings is 1. The molecule has 0 aliphatic heterocycles. The summed E-state index contributed by atoms with van der Waals surface area (Å²) >= 11 is 0. The Labute approximate surface area is 101 Å². The topological polar surface area (TPSA) is 39.9 Å².